The van der Waals surface area contributed by atoms with Gasteiger partial charge in [0.2, 0.25) is 0 Å². The number of halogens is 1. The molecule has 0 aliphatic heterocycles. The second-order valence-corrected chi connectivity index (χ2v) is 4.71. The van der Waals surface area contributed by atoms with Gasteiger partial charge in [0.1, 0.15) is 0 Å². The lowest BCUT2D eigenvalue weighted by molar-refractivity contribution is 0.311. The zero-order valence-corrected chi connectivity index (χ0v) is 14.1. The predicted octanol–water partition coefficient (Wildman–Crippen LogP) is 2.72. The Balaban J connectivity index is 0.00000242. The summed E-state index contributed by atoms with van der Waals surface area (Å²) in [6.45, 7) is 4.58. The second-order valence-electron chi connectivity index (χ2n) is 4.71. The number of likely N-dealkylation sites (N-methyl/N-ethyl adjacent to an activating group) is 1. The van der Waals surface area contributed by atoms with Crippen LogP contribution in [0.5, 0.6) is 11.5 Å². The normalized spacial score (nSPS) is 11.6. The number of benzene rings is 1. The third-order valence-corrected chi connectivity index (χ3v) is 3.16. The van der Waals surface area contributed by atoms with Crippen LogP contribution < -0.4 is 14.8 Å². The average Bonchev–Trinajstić information content (AvgIpc) is 2.96. The minimum Gasteiger partial charge on any atom is -0.493 e. The van der Waals surface area contributed by atoms with E-state index in [9.17, 15) is 0 Å². The van der Waals surface area contributed by atoms with Crippen molar-refractivity contribution in [1.82, 2.24) is 15.5 Å². The van der Waals surface area contributed by atoms with Crippen LogP contribution in [-0.4, -0.2) is 36.9 Å². The molecule has 0 radical (unpaired) electrons. The van der Waals surface area contributed by atoms with Crippen LogP contribution in [0.25, 0.3) is 11.5 Å². The van der Waals surface area contributed by atoms with E-state index < -0.39 is 0 Å². The first-order valence-electron chi connectivity index (χ1n) is 6.99. The van der Waals surface area contributed by atoms with Crippen LogP contribution in [-0.2, 0) is 6.42 Å². The summed E-state index contributed by atoms with van der Waals surface area (Å²) in [6.07, 6.45) is 0.716. The highest BCUT2D eigenvalue weighted by atomic mass is 35.5. The molecule has 1 unspecified atom stereocenters. The summed E-state index contributed by atoms with van der Waals surface area (Å²) < 4.78 is 16.1. The fraction of sp³-hybridized carbons (Fsp3) is 0.467. The number of rotatable bonds is 7. The van der Waals surface area contributed by atoms with Gasteiger partial charge in [-0.3, -0.25) is 0 Å². The Morgan fingerprint density at radius 1 is 1.32 bits per heavy atom. The van der Waals surface area contributed by atoms with Crippen molar-refractivity contribution in [2.75, 3.05) is 20.8 Å². The molecular weight excluding hydrogens is 306 g/mol. The molecule has 0 saturated carbocycles. The molecule has 0 fully saturated rings. The van der Waals surface area contributed by atoms with Gasteiger partial charge in [0.05, 0.1) is 13.7 Å². The van der Waals surface area contributed by atoms with Crippen LogP contribution >= 0.6 is 12.4 Å². The van der Waals surface area contributed by atoms with Crippen molar-refractivity contribution in [3.05, 3.63) is 24.0 Å². The molecule has 0 amide bonds. The number of aromatic nitrogens is 2. The first kappa shape index (κ1) is 18.3. The SMILES string of the molecule is CCOc1ccc(-c2nc(CC(C)NC)no2)cc1OC.Cl. The van der Waals surface area contributed by atoms with Crippen LogP contribution in [0.3, 0.4) is 0 Å². The van der Waals surface area contributed by atoms with Crippen molar-refractivity contribution in [2.45, 2.75) is 26.3 Å². The van der Waals surface area contributed by atoms with Gasteiger partial charge in [-0.2, -0.15) is 4.98 Å². The fourth-order valence-electron chi connectivity index (χ4n) is 1.91. The van der Waals surface area contributed by atoms with Crippen molar-refractivity contribution >= 4 is 12.4 Å². The molecule has 122 valence electrons. The predicted molar refractivity (Wildman–Crippen MR) is 86.9 cm³/mol. The average molecular weight is 328 g/mol. The first-order valence-corrected chi connectivity index (χ1v) is 6.99. The van der Waals surface area contributed by atoms with Gasteiger partial charge >= 0.3 is 0 Å². The van der Waals surface area contributed by atoms with Gasteiger partial charge in [-0.25, -0.2) is 0 Å². The van der Waals surface area contributed by atoms with Crippen molar-refractivity contribution in [2.24, 2.45) is 0 Å². The highest BCUT2D eigenvalue weighted by Crippen LogP contribution is 2.31. The Morgan fingerprint density at radius 2 is 2.09 bits per heavy atom. The summed E-state index contributed by atoms with van der Waals surface area (Å²) >= 11 is 0. The van der Waals surface area contributed by atoms with E-state index in [0.29, 0.717) is 42.3 Å². The molecule has 0 aliphatic carbocycles. The monoisotopic (exact) mass is 327 g/mol. The first-order chi connectivity index (χ1) is 10.2. The minimum atomic E-state index is 0. The van der Waals surface area contributed by atoms with Gasteiger partial charge in [-0.15, -0.1) is 12.4 Å². The lowest BCUT2D eigenvalue weighted by Gasteiger charge is -2.09. The van der Waals surface area contributed by atoms with Crippen LogP contribution in [0.15, 0.2) is 22.7 Å². The third-order valence-electron chi connectivity index (χ3n) is 3.16. The Bertz CT molecular complexity index is 589. The van der Waals surface area contributed by atoms with E-state index in [1.165, 1.54) is 0 Å². The lowest BCUT2D eigenvalue weighted by atomic mass is 10.2. The largest absolute Gasteiger partial charge is 0.493 e. The molecule has 1 aromatic heterocycles. The Morgan fingerprint density at radius 3 is 2.73 bits per heavy atom. The highest BCUT2D eigenvalue weighted by molar-refractivity contribution is 5.85. The molecule has 0 spiro atoms. The molecule has 6 nitrogen and oxygen atoms in total. The summed E-state index contributed by atoms with van der Waals surface area (Å²) in [5.41, 5.74) is 0.811. The van der Waals surface area contributed by atoms with Gasteiger partial charge in [0, 0.05) is 18.0 Å². The molecule has 1 atom stereocenters. The molecule has 2 aromatic rings. The zero-order chi connectivity index (χ0) is 15.2. The van der Waals surface area contributed by atoms with Crippen LogP contribution in [0.4, 0.5) is 0 Å². The molecule has 1 N–H and O–H groups in total. The standard InChI is InChI=1S/C15H21N3O3.ClH/c1-5-20-12-7-6-11(9-13(12)19-4)15-17-14(18-21-15)8-10(2)16-3;/h6-7,9-10,16H,5,8H2,1-4H3;1H. The minimum absolute atomic E-state index is 0. The summed E-state index contributed by atoms with van der Waals surface area (Å²) in [5.74, 6) is 2.51. The van der Waals surface area contributed by atoms with Gasteiger partial charge in [0.15, 0.2) is 17.3 Å². The van der Waals surface area contributed by atoms with E-state index in [1.54, 1.807) is 7.11 Å². The maximum absolute atomic E-state index is 5.49. The molecular formula is C15H22ClN3O3. The number of methoxy groups -OCH3 is 1. The van der Waals surface area contributed by atoms with Crippen LogP contribution in [0.1, 0.15) is 19.7 Å². The molecule has 2 rings (SSSR count). The smallest absolute Gasteiger partial charge is 0.258 e. The van der Waals surface area contributed by atoms with Crippen molar-refractivity contribution in [3.63, 3.8) is 0 Å². The van der Waals surface area contributed by atoms with Crippen LogP contribution in [0.2, 0.25) is 0 Å². The number of hydrogen-bond donors (Lipinski definition) is 1. The molecule has 0 saturated heterocycles. The molecule has 0 aliphatic rings. The van der Waals surface area contributed by atoms with Gasteiger partial charge < -0.3 is 19.3 Å². The van der Waals surface area contributed by atoms with E-state index in [1.807, 2.05) is 32.2 Å². The highest BCUT2D eigenvalue weighted by Gasteiger charge is 2.13. The molecule has 7 heteroatoms. The fourth-order valence-corrected chi connectivity index (χ4v) is 1.91. The Kier molecular flexibility index (Phi) is 7.14. The molecule has 0 bridgehead atoms. The summed E-state index contributed by atoms with van der Waals surface area (Å²) in [5, 5.41) is 7.14. The van der Waals surface area contributed by atoms with Gasteiger partial charge in [-0.1, -0.05) is 5.16 Å². The maximum atomic E-state index is 5.49. The lowest BCUT2D eigenvalue weighted by Crippen LogP contribution is -2.24. The number of hydrogen-bond acceptors (Lipinski definition) is 6. The van der Waals surface area contributed by atoms with E-state index in [4.69, 9.17) is 14.0 Å². The van der Waals surface area contributed by atoms with Gasteiger partial charge in [0.25, 0.3) is 5.89 Å². The van der Waals surface area contributed by atoms with E-state index in [-0.39, 0.29) is 12.4 Å². The van der Waals surface area contributed by atoms with Crippen molar-refractivity contribution in [3.8, 4) is 23.0 Å². The number of nitrogens with one attached hydrogen (secondary N) is 1. The number of nitrogens with zero attached hydrogens (tertiary/aromatic N) is 2. The maximum Gasteiger partial charge on any atom is 0.258 e. The second kappa shape index (κ2) is 8.60. The van der Waals surface area contributed by atoms with Crippen molar-refractivity contribution in [1.29, 1.82) is 0 Å². The summed E-state index contributed by atoms with van der Waals surface area (Å²) in [4.78, 5) is 4.41. The molecule has 1 aromatic carbocycles. The topological polar surface area (TPSA) is 69.4 Å². The Hall–Kier alpha value is -1.79. The van der Waals surface area contributed by atoms with E-state index in [0.717, 1.165) is 5.56 Å². The molecule has 1 heterocycles. The third kappa shape index (κ3) is 4.35. The van der Waals surface area contributed by atoms with Crippen molar-refractivity contribution < 1.29 is 14.0 Å². The number of ether oxygens (including phenoxy) is 2. The Labute approximate surface area is 136 Å². The quantitative estimate of drug-likeness (QED) is 0.843. The summed E-state index contributed by atoms with van der Waals surface area (Å²) in [6, 6.07) is 5.86. The molecule has 22 heavy (non-hydrogen) atoms. The van der Waals surface area contributed by atoms with E-state index >= 15 is 0 Å². The zero-order valence-electron chi connectivity index (χ0n) is 13.3. The summed E-state index contributed by atoms with van der Waals surface area (Å²) in [7, 11) is 3.51. The van der Waals surface area contributed by atoms with Crippen LogP contribution in [0, 0.1) is 0 Å². The van der Waals surface area contributed by atoms with Gasteiger partial charge in [-0.05, 0) is 39.1 Å². The van der Waals surface area contributed by atoms with E-state index in [2.05, 4.69) is 22.4 Å².